The van der Waals surface area contributed by atoms with Gasteiger partial charge in [-0.1, -0.05) is 43.1 Å². The Balaban J connectivity index is 2.27. The van der Waals surface area contributed by atoms with E-state index in [1.807, 2.05) is 18.2 Å². The predicted molar refractivity (Wildman–Crippen MR) is 82.4 cm³/mol. The Kier molecular flexibility index (Phi) is 5.12. The van der Waals surface area contributed by atoms with E-state index in [0.717, 1.165) is 24.6 Å². The minimum atomic E-state index is -0.244. The van der Waals surface area contributed by atoms with Gasteiger partial charge >= 0.3 is 0 Å². The summed E-state index contributed by atoms with van der Waals surface area (Å²) in [6, 6.07) is 8.80. The first kappa shape index (κ1) is 14.8. The predicted octanol–water partition coefficient (Wildman–Crippen LogP) is 4.10. The number of carbonyl (C=O) groups excluding carboxylic acids is 1. The normalized spacial score (nSPS) is 10.1. The lowest BCUT2D eigenvalue weighted by atomic mass is 10.1. The molecular weight excluding hydrogens is 266 g/mol. The van der Waals surface area contributed by atoms with Crippen LogP contribution in [-0.4, -0.2) is 17.4 Å². The first-order chi connectivity index (χ1) is 10.3. The molecule has 108 valence electrons. The quantitative estimate of drug-likeness (QED) is 0.374. The van der Waals surface area contributed by atoms with Crippen LogP contribution in [0.5, 0.6) is 0 Å². The summed E-state index contributed by atoms with van der Waals surface area (Å²) in [5, 5.41) is 7.21. The topological polar surface area (TPSA) is 90.8 Å². The third-order valence-electron chi connectivity index (χ3n) is 3.15. The molecule has 1 amide bonds. The number of carbonyl (C=O) groups is 1. The molecule has 0 fully saturated rings. The molecule has 21 heavy (non-hydrogen) atoms. The maximum atomic E-state index is 12.1. The van der Waals surface area contributed by atoms with Gasteiger partial charge in [0.1, 0.15) is 5.69 Å². The zero-order chi connectivity index (χ0) is 15.1. The number of hydrogen-bond donors (Lipinski definition) is 1. The molecule has 1 aromatic heterocycles. The molecule has 1 N–H and O–H groups in total. The van der Waals surface area contributed by atoms with Crippen molar-refractivity contribution in [2.75, 3.05) is 6.54 Å². The van der Waals surface area contributed by atoms with Crippen LogP contribution >= 0.6 is 0 Å². The molecule has 1 heterocycles. The lowest BCUT2D eigenvalue weighted by Crippen LogP contribution is -2.25. The molecular formula is C15H17N5O. The fourth-order valence-corrected chi connectivity index (χ4v) is 2.07. The molecule has 0 bridgehead atoms. The minimum absolute atomic E-state index is 0.244. The van der Waals surface area contributed by atoms with Crippen LogP contribution in [0.25, 0.3) is 21.3 Å². The van der Waals surface area contributed by atoms with Crippen LogP contribution in [-0.2, 0) is 0 Å². The first-order valence-electron chi connectivity index (χ1n) is 6.99. The fraction of sp³-hybridized carbons (Fsp3) is 0.333. The van der Waals surface area contributed by atoms with Crippen LogP contribution in [0.15, 0.2) is 35.4 Å². The van der Waals surface area contributed by atoms with Crippen molar-refractivity contribution < 1.29 is 4.79 Å². The molecule has 0 spiro atoms. The summed E-state index contributed by atoms with van der Waals surface area (Å²) in [4.78, 5) is 19.2. The number of para-hydroxylation sites is 1. The standard InChI is InChI=1S/C15H17N5O/c1-2-3-6-9-17-15(21)14-10-13(19-20-16)11-7-4-5-8-12(11)18-14/h4-5,7-8,10H,2-3,6,9H2,1H3,(H,17,21). The highest BCUT2D eigenvalue weighted by atomic mass is 16.1. The number of azide groups is 1. The van der Waals surface area contributed by atoms with E-state index in [4.69, 9.17) is 5.53 Å². The molecule has 1 aromatic carbocycles. The molecule has 0 saturated carbocycles. The van der Waals surface area contributed by atoms with Crippen molar-refractivity contribution in [2.24, 2.45) is 5.11 Å². The molecule has 0 aliphatic carbocycles. The summed E-state index contributed by atoms with van der Waals surface area (Å²) in [6.07, 6.45) is 3.12. The van der Waals surface area contributed by atoms with E-state index in [0.29, 0.717) is 17.7 Å². The van der Waals surface area contributed by atoms with E-state index in [1.54, 1.807) is 6.07 Å². The number of nitrogens with one attached hydrogen (secondary N) is 1. The first-order valence-corrected chi connectivity index (χ1v) is 6.99. The molecule has 0 atom stereocenters. The smallest absolute Gasteiger partial charge is 0.269 e. The van der Waals surface area contributed by atoms with Crippen molar-refractivity contribution in [3.8, 4) is 0 Å². The molecule has 2 aromatic rings. The zero-order valence-electron chi connectivity index (χ0n) is 11.9. The summed E-state index contributed by atoms with van der Waals surface area (Å²) < 4.78 is 0. The van der Waals surface area contributed by atoms with Crippen molar-refractivity contribution >= 4 is 22.5 Å². The van der Waals surface area contributed by atoms with Gasteiger partial charge in [-0.05, 0) is 24.1 Å². The maximum absolute atomic E-state index is 12.1. The van der Waals surface area contributed by atoms with Gasteiger partial charge in [-0.3, -0.25) is 4.79 Å². The van der Waals surface area contributed by atoms with Crippen LogP contribution in [0.1, 0.15) is 36.7 Å². The van der Waals surface area contributed by atoms with Crippen molar-refractivity contribution in [2.45, 2.75) is 26.2 Å². The Bertz CT molecular complexity index is 692. The minimum Gasteiger partial charge on any atom is -0.351 e. The Labute approximate surface area is 122 Å². The third-order valence-corrected chi connectivity index (χ3v) is 3.15. The largest absolute Gasteiger partial charge is 0.351 e. The molecule has 0 radical (unpaired) electrons. The van der Waals surface area contributed by atoms with Gasteiger partial charge in [0.15, 0.2) is 0 Å². The maximum Gasteiger partial charge on any atom is 0.269 e. The van der Waals surface area contributed by atoms with Gasteiger partial charge in [0, 0.05) is 22.5 Å². The van der Waals surface area contributed by atoms with Gasteiger partial charge in [0.2, 0.25) is 0 Å². The number of nitrogens with zero attached hydrogens (tertiary/aromatic N) is 4. The number of fused-ring (bicyclic) bond motifs is 1. The number of benzene rings is 1. The average molecular weight is 283 g/mol. The van der Waals surface area contributed by atoms with Crippen molar-refractivity contribution in [3.05, 3.63) is 46.5 Å². The number of unbranched alkanes of at least 4 members (excludes halogenated alkanes) is 2. The lowest BCUT2D eigenvalue weighted by molar-refractivity contribution is 0.0948. The van der Waals surface area contributed by atoms with Gasteiger partial charge in [-0.25, -0.2) is 4.98 Å². The second-order valence-corrected chi connectivity index (χ2v) is 4.70. The van der Waals surface area contributed by atoms with Gasteiger partial charge in [-0.15, -0.1) is 0 Å². The Morgan fingerprint density at radius 2 is 2.19 bits per heavy atom. The van der Waals surface area contributed by atoms with E-state index in [1.165, 1.54) is 6.07 Å². The van der Waals surface area contributed by atoms with Gasteiger partial charge in [-0.2, -0.15) is 0 Å². The number of aromatic nitrogens is 1. The summed E-state index contributed by atoms with van der Waals surface area (Å²) in [6.45, 7) is 2.73. The van der Waals surface area contributed by atoms with E-state index in [2.05, 4.69) is 27.3 Å². The van der Waals surface area contributed by atoms with Crippen molar-refractivity contribution in [3.63, 3.8) is 0 Å². The van der Waals surface area contributed by atoms with Crippen LogP contribution in [0.4, 0.5) is 5.69 Å². The molecule has 0 aliphatic rings. The Morgan fingerprint density at radius 1 is 1.38 bits per heavy atom. The monoisotopic (exact) mass is 283 g/mol. The molecule has 0 unspecified atom stereocenters. The molecule has 0 saturated heterocycles. The highest BCUT2D eigenvalue weighted by Crippen LogP contribution is 2.25. The summed E-state index contributed by atoms with van der Waals surface area (Å²) in [5.74, 6) is -0.244. The van der Waals surface area contributed by atoms with E-state index < -0.39 is 0 Å². The summed E-state index contributed by atoms with van der Waals surface area (Å²) in [7, 11) is 0. The van der Waals surface area contributed by atoms with Gasteiger partial charge < -0.3 is 5.32 Å². The molecule has 2 rings (SSSR count). The van der Waals surface area contributed by atoms with Crippen LogP contribution < -0.4 is 5.32 Å². The third kappa shape index (κ3) is 3.70. The van der Waals surface area contributed by atoms with Gasteiger partial charge in [0.25, 0.3) is 5.91 Å². The second-order valence-electron chi connectivity index (χ2n) is 4.70. The van der Waals surface area contributed by atoms with Crippen molar-refractivity contribution in [1.29, 1.82) is 0 Å². The Morgan fingerprint density at radius 3 is 2.95 bits per heavy atom. The highest BCUT2D eigenvalue weighted by molar-refractivity contribution is 5.98. The summed E-state index contributed by atoms with van der Waals surface area (Å²) >= 11 is 0. The Hall–Kier alpha value is -2.59. The highest BCUT2D eigenvalue weighted by Gasteiger charge is 2.10. The van der Waals surface area contributed by atoms with E-state index in [-0.39, 0.29) is 11.6 Å². The second kappa shape index (κ2) is 7.26. The van der Waals surface area contributed by atoms with E-state index in [9.17, 15) is 4.79 Å². The van der Waals surface area contributed by atoms with Gasteiger partial charge in [0.05, 0.1) is 5.52 Å². The molecule has 6 heteroatoms. The number of rotatable bonds is 6. The van der Waals surface area contributed by atoms with Crippen LogP contribution in [0.3, 0.4) is 0 Å². The van der Waals surface area contributed by atoms with E-state index >= 15 is 0 Å². The van der Waals surface area contributed by atoms with Crippen LogP contribution in [0.2, 0.25) is 0 Å². The number of amides is 1. The molecule has 6 nitrogen and oxygen atoms in total. The summed E-state index contributed by atoms with van der Waals surface area (Å²) in [5.41, 5.74) is 9.98. The fourth-order valence-electron chi connectivity index (χ4n) is 2.07. The van der Waals surface area contributed by atoms with Crippen LogP contribution in [0, 0.1) is 0 Å². The zero-order valence-corrected chi connectivity index (χ0v) is 11.9. The van der Waals surface area contributed by atoms with Crippen molar-refractivity contribution in [1.82, 2.24) is 10.3 Å². The lowest BCUT2D eigenvalue weighted by Gasteiger charge is -2.07. The SMILES string of the molecule is CCCCCNC(=O)c1cc(N=[N+]=[N-])c2ccccc2n1. The average Bonchev–Trinajstić information content (AvgIpc) is 2.51. The molecule has 0 aliphatic heterocycles. The number of pyridine rings is 1. The number of hydrogen-bond acceptors (Lipinski definition) is 3.